The molecule has 0 amide bonds. The maximum atomic E-state index is 2.95. The van der Waals surface area contributed by atoms with E-state index in [-0.39, 0.29) is 0 Å². The van der Waals surface area contributed by atoms with E-state index in [4.69, 9.17) is 0 Å². The molecule has 0 saturated carbocycles. The fourth-order valence-electron chi connectivity index (χ4n) is 3.93. The zero-order valence-electron chi connectivity index (χ0n) is 11.7. The Hall–Kier alpha value is 2.64. The van der Waals surface area contributed by atoms with Gasteiger partial charge in [0, 0.05) is 0 Å². The molecule has 0 spiro atoms. The Bertz CT molecular complexity index is 292. The molecule has 0 aromatic carbocycles. The van der Waals surface area contributed by atoms with Gasteiger partial charge in [0.2, 0.25) is 0 Å². The second-order valence-corrected chi connectivity index (χ2v) is 112. The molecule has 94 valence electrons. The van der Waals surface area contributed by atoms with Gasteiger partial charge in [-0.3, -0.25) is 0 Å². The van der Waals surface area contributed by atoms with Crippen LogP contribution in [-0.2, 0) is 0 Å². The molecule has 3 saturated heterocycles. The molecule has 0 aliphatic carbocycles. The van der Waals surface area contributed by atoms with E-state index in [2.05, 4.69) is 52.4 Å². The van der Waals surface area contributed by atoms with Crippen LogP contribution >= 0.6 is 0 Å². The van der Waals surface area contributed by atoms with Gasteiger partial charge in [0.1, 0.15) is 0 Å². The Balaban J connectivity index is 2.64. The van der Waals surface area contributed by atoms with Crippen LogP contribution in [0.2, 0.25) is 52.4 Å². The van der Waals surface area contributed by atoms with Crippen LogP contribution in [0.15, 0.2) is 0 Å². The van der Waals surface area contributed by atoms with Crippen molar-refractivity contribution in [1.29, 1.82) is 0 Å². The van der Waals surface area contributed by atoms with Gasteiger partial charge < -0.3 is 0 Å². The predicted octanol–water partition coefficient (Wildman–Crippen LogP) is 1.62. The fourth-order valence-corrected chi connectivity index (χ4v) is 566. The molecule has 3 heterocycles. The molecular formula is C8H24Se3Si5. The summed E-state index contributed by atoms with van der Waals surface area (Å²) >= 11 is 3.73. The Morgan fingerprint density at radius 2 is 0.750 bits per heavy atom. The third-order valence-corrected chi connectivity index (χ3v) is 236. The molecule has 16 heavy (non-hydrogen) atoms. The second-order valence-electron chi connectivity index (χ2n) is 6.82. The zero-order chi connectivity index (χ0) is 12.6. The topological polar surface area (TPSA) is 0 Å². The molecule has 0 nitrogen and oxygen atoms in total. The first kappa shape index (κ1) is 15.0. The van der Waals surface area contributed by atoms with Crippen molar-refractivity contribution >= 4 is 70.1 Å². The van der Waals surface area contributed by atoms with Gasteiger partial charge in [0.15, 0.2) is 0 Å². The van der Waals surface area contributed by atoms with E-state index in [1.165, 1.54) is 41.0 Å². The number of rotatable bonds is 0. The molecule has 2 bridgehead atoms. The van der Waals surface area contributed by atoms with E-state index in [0.29, 0.717) is 0 Å². The Morgan fingerprint density at radius 1 is 0.500 bits per heavy atom. The normalized spacial score (nSPS) is 48.0. The van der Waals surface area contributed by atoms with Gasteiger partial charge in [-0.05, 0) is 0 Å². The average molecular weight is 498 g/mol. The van der Waals surface area contributed by atoms with Crippen LogP contribution in [0.25, 0.3) is 0 Å². The molecule has 0 N–H and O–H groups in total. The van der Waals surface area contributed by atoms with E-state index in [0.717, 1.165) is 0 Å². The van der Waals surface area contributed by atoms with Gasteiger partial charge >= 0.3 is 123 Å². The van der Waals surface area contributed by atoms with Crippen LogP contribution in [0.4, 0.5) is 0 Å². The molecular weight excluding hydrogens is 473 g/mol. The molecule has 0 atom stereocenters. The summed E-state index contributed by atoms with van der Waals surface area (Å²) in [5, 5.41) is 0. The molecule has 8 heteroatoms. The number of hydrogen-bond donors (Lipinski definition) is 0. The van der Waals surface area contributed by atoms with Crippen LogP contribution in [0.1, 0.15) is 0 Å². The maximum absolute atomic E-state index is 2.95. The van der Waals surface area contributed by atoms with Crippen molar-refractivity contribution < 1.29 is 0 Å². The van der Waals surface area contributed by atoms with Gasteiger partial charge in [-0.2, -0.15) is 0 Å². The quantitative estimate of drug-likeness (QED) is 0.447. The fraction of sp³-hybridized carbons (Fsp3) is 1.00. The van der Waals surface area contributed by atoms with Crippen molar-refractivity contribution in [1.82, 2.24) is 0 Å². The van der Waals surface area contributed by atoms with Crippen molar-refractivity contribution in [2.45, 2.75) is 52.4 Å². The van der Waals surface area contributed by atoms with Crippen LogP contribution in [-0.4, -0.2) is 70.1 Å². The van der Waals surface area contributed by atoms with E-state index in [1.54, 1.807) is 0 Å². The van der Waals surface area contributed by atoms with Crippen molar-refractivity contribution in [2.24, 2.45) is 0 Å². The van der Waals surface area contributed by atoms with Crippen LogP contribution < -0.4 is 0 Å². The summed E-state index contributed by atoms with van der Waals surface area (Å²) in [7, 11) is 0. The van der Waals surface area contributed by atoms with Gasteiger partial charge in [-0.1, -0.05) is 0 Å². The standard InChI is InChI=1S/C8H24Se3Si5/c1-12(2)9-15(7)10-13(3,4)16(12,8)14(5,6)11-15/h1-8H3. The van der Waals surface area contributed by atoms with Crippen molar-refractivity contribution in [3.8, 4) is 0 Å². The minimum atomic E-state index is -0.740. The van der Waals surface area contributed by atoms with E-state index >= 15 is 0 Å². The first-order valence-corrected chi connectivity index (χ1v) is 37.8. The third-order valence-electron chi connectivity index (χ3n) is 4.93. The number of fused-ring (bicyclic) bond motifs is 3. The van der Waals surface area contributed by atoms with E-state index in [1.807, 2.05) is 0 Å². The SMILES string of the molecule is C[Si]12[Se][Si](C)(C)[Si](C)([Si](C)(C)[Se]1)[Si](C)(C)[Se]2. The molecule has 3 rings (SSSR count). The van der Waals surface area contributed by atoms with Gasteiger partial charge in [-0.25, -0.2) is 0 Å². The zero-order valence-corrected chi connectivity index (χ0v) is 21.9. The monoisotopic (exact) mass is 500 g/mol. The van der Waals surface area contributed by atoms with Crippen molar-refractivity contribution in [2.75, 3.05) is 0 Å². The summed E-state index contributed by atoms with van der Waals surface area (Å²) in [5.74, 6) is 0. The van der Waals surface area contributed by atoms with Crippen molar-refractivity contribution in [3.05, 3.63) is 0 Å². The van der Waals surface area contributed by atoms with E-state index < -0.39 is 29.1 Å². The third kappa shape index (κ3) is 1.79. The summed E-state index contributed by atoms with van der Waals surface area (Å²) in [4.78, 5) is 0. The molecule has 0 aromatic heterocycles. The number of hydrogen-bond acceptors (Lipinski definition) is 0. The Labute approximate surface area is 121 Å². The summed E-state index contributed by atoms with van der Waals surface area (Å²) in [5.41, 5.74) is 0. The Kier molecular flexibility index (Phi) is 3.62. The molecule has 0 radical (unpaired) electrons. The molecule has 3 aliphatic rings. The summed E-state index contributed by atoms with van der Waals surface area (Å²) in [6, 6.07) is 0. The van der Waals surface area contributed by atoms with Gasteiger partial charge in [-0.15, -0.1) is 0 Å². The first-order valence-electron chi connectivity index (χ1n) is 5.97. The molecule has 3 fully saturated rings. The van der Waals surface area contributed by atoms with Crippen LogP contribution in [0.5, 0.6) is 0 Å². The second kappa shape index (κ2) is 3.85. The van der Waals surface area contributed by atoms with Crippen LogP contribution in [0.3, 0.4) is 0 Å². The van der Waals surface area contributed by atoms with Gasteiger partial charge in [0.25, 0.3) is 0 Å². The molecule has 0 aromatic rings. The van der Waals surface area contributed by atoms with Gasteiger partial charge in [0.05, 0.1) is 0 Å². The summed E-state index contributed by atoms with van der Waals surface area (Å²) in [6.07, 6.45) is -2.16. The summed E-state index contributed by atoms with van der Waals surface area (Å²) < 4.78 is -0.590. The van der Waals surface area contributed by atoms with Crippen LogP contribution in [0, 0.1) is 0 Å². The summed E-state index contributed by atoms with van der Waals surface area (Å²) in [6.45, 7) is 22.2. The Morgan fingerprint density at radius 3 is 1.00 bits per heavy atom. The minimum absolute atomic E-state index is 0.590. The molecule has 0 unspecified atom stereocenters. The first-order chi connectivity index (χ1) is 6.87. The molecule has 3 aliphatic heterocycles. The van der Waals surface area contributed by atoms with Crippen molar-refractivity contribution in [3.63, 3.8) is 0 Å². The predicted molar refractivity (Wildman–Crippen MR) is 92.9 cm³/mol. The average Bonchev–Trinajstić information content (AvgIpc) is 1.92. The van der Waals surface area contributed by atoms with E-state index in [9.17, 15) is 0 Å².